The third kappa shape index (κ3) is 3.54. The highest BCUT2D eigenvalue weighted by Gasteiger charge is 2.09. The zero-order valence-electron chi connectivity index (χ0n) is 7.73. The Morgan fingerprint density at radius 3 is 2.85 bits per heavy atom. The van der Waals surface area contributed by atoms with Gasteiger partial charge in [0.05, 0.1) is 6.10 Å². The lowest BCUT2D eigenvalue weighted by Gasteiger charge is -2.12. The van der Waals surface area contributed by atoms with Crippen LogP contribution in [0.1, 0.15) is 18.7 Å². The minimum absolute atomic E-state index is 0.253. The molecule has 3 N–H and O–H groups in total. The molecule has 1 aromatic heterocycles. The van der Waals surface area contributed by atoms with E-state index in [2.05, 4.69) is 4.98 Å². The molecule has 0 aliphatic rings. The summed E-state index contributed by atoms with van der Waals surface area (Å²) in [6, 6.07) is 0. The molecule has 74 valence electrons. The lowest BCUT2D eigenvalue weighted by molar-refractivity contribution is 0.196. The van der Waals surface area contributed by atoms with Crippen molar-refractivity contribution in [1.82, 2.24) is 4.98 Å². The summed E-state index contributed by atoms with van der Waals surface area (Å²) in [4.78, 5) is 5.12. The molecule has 2 atom stereocenters. The van der Waals surface area contributed by atoms with E-state index < -0.39 is 0 Å². The minimum atomic E-state index is -0.268. The maximum absolute atomic E-state index is 9.25. The standard InChI is InChI=1S/C8H14N2OS2/c1-5(11)6(2)12-4-7-3-10-8(9)13-7/h3,5-6,11H,4H2,1-2H3,(H2,9,10). The number of thiazole rings is 1. The zero-order chi connectivity index (χ0) is 9.84. The molecule has 3 nitrogen and oxygen atoms in total. The monoisotopic (exact) mass is 218 g/mol. The smallest absolute Gasteiger partial charge is 0.180 e. The lowest BCUT2D eigenvalue weighted by Crippen LogP contribution is -2.15. The van der Waals surface area contributed by atoms with Gasteiger partial charge in [0.25, 0.3) is 0 Å². The van der Waals surface area contributed by atoms with Crippen LogP contribution in [0.5, 0.6) is 0 Å². The van der Waals surface area contributed by atoms with E-state index in [0.717, 1.165) is 10.6 Å². The average Bonchev–Trinajstić information content (AvgIpc) is 2.47. The Hall–Kier alpha value is -0.260. The first-order valence-corrected chi connectivity index (χ1v) is 5.96. The summed E-state index contributed by atoms with van der Waals surface area (Å²) in [5.74, 6) is 0.876. The molecular weight excluding hydrogens is 204 g/mol. The van der Waals surface area contributed by atoms with E-state index in [4.69, 9.17) is 5.73 Å². The van der Waals surface area contributed by atoms with Gasteiger partial charge in [0.15, 0.2) is 5.13 Å². The van der Waals surface area contributed by atoms with Crippen LogP contribution >= 0.6 is 23.1 Å². The van der Waals surface area contributed by atoms with Crippen molar-refractivity contribution in [3.63, 3.8) is 0 Å². The van der Waals surface area contributed by atoms with Crippen molar-refractivity contribution >= 4 is 28.2 Å². The Morgan fingerprint density at radius 2 is 2.38 bits per heavy atom. The lowest BCUT2D eigenvalue weighted by atomic mass is 10.3. The van der Waals surface area contributed by atoms with Gasteiger partial charge in [0, 0.05) is 22.1 Å². The molecule has 0 aliphatic carbocycles. The largest absolute Gasteiger partial charge is 0.392 e. The predicted octanol–water partition coefficient (Wildman–Crippen LogP) is 1.73. The van der Waals surface area contributed by atoms with E-state index in [1.807, 2.05) is 6.92 Å². The summed E-state index contributed by atoms with van der Waals surface area (Å²) >= 11 is 3.22. The van der Waals surface area contributed by atoms with Crippen LogP contribution in [-0.2, 0) is 5.75 Å². The third-order valence-corrected chi connectivity index (χ3v) is 4.15. The fourth-order valence-electron chi connectivity index (χ4n) is 0.742. The van der Waals surface area contributed by atoms with Crippen LogP contribution in [0.25, 0.3) is 0 Å². The number of hydrogen-bond acceptors (Lipinski definition) is 5. The predicted molar refractivity (Wildman–Crippen MR) is 59.0 cm³/mol. The van der Waals surface area contributed by atoms with E-state index in [0.29, 0.717) is 5.13 Å². The molecule has 5 heteroatoms. The van der Waals surface area contributed by atoms with Gasteiger partial charge in [0.2, 0.25) is 0 Å². The highest BCUT2D eigenvalue weighted by atomic mass is 32.2. The number of aliphatic hydroxyl groups is 1. The SMILES string of the molecule is CC(O)C(C)SCc1cnc(N)s1. The molecule has 0 amide bonds. The summed E-state index contributed by atoms with van der Waals surface area (Å²) in [5, 5.41) is 10.1. The molecular formula is C8H14N2OS2. The number of thioether (sulfide) groups is 1. The number of aliphatic hydroxyl groups excluding tert-OH is 1. The zero-order valence-corrected chi connectivity index (χ0v) is 9.36. The van der Waals surface area contributed by atoms with E-state index in [1.54, 1.807) is 24.9 Å². The summed E-state index contributed by atoms with van der Waals surface area (Å²) in [6.07, 6.45) is 1.53. The van der Waals surface area contributed by atoms with Crippen LogP contribution in [0.3, 0.4) is 0 Å². The second-order valence-electron chi connectivity index (χ2n) is 2.92. The van der Waals surface area contributed by atoms with E-state index in [-0.39, 0.29) is 11.4 Å². The van der Waals surface area contributed by atoms with Crippen molar-refractivity contribution in [2.24, 2.45) is 0 Å². The van der Waals surface area contributed by atoms with Crippen LogP contribution < -0.4 is 5.73 Å². The van der Waals surface area contributed by atoms with Crippen molar-refractivity contribution in [2.45, 2.75) is 31.0 Å². The number of hydrogen-bond donors (Lipinski definition) is 2. The number of aromatic nitrogens is 1. The molecule has 0 radical (unpaired) electrons. The molecule has 2 unspecified atom stereocenters. The fraction of sp³-hybridized carbons (Fsp3) is 0.625. The van der Waals surface area contributed by atoms with Crippen molar-refractivity contribution in [1.29, 1.82) is 0 Å². The van der Waals surface area contributed by atoms with Crippen molar-refractivity contribution < 1.29 is 5.11 Å². The average molecular weight is 218 g/mol. The minimum Gasteiger partial charge on any atom is -0.392 e. The van der Waals surface area contributed by atoms with Gasteiger partial charge in [-0.25, -0.2) is 4.98 Å². The Labute approximate surface area is 86.4 Å². The van der Waals surface area contributed by atoms with Gasteiger partial charge in [-0.3, -0.25) is 0 Å². The summed E-state index contributed by atoms with van der Waals surface area (Å²) in [5.41, 5.74) is 5.49. The van der Waals surface area contributed by atoms with Gasteiger partial charge in [-0.05, 0) is 6.92 Å². The van der Waals surface area contributed by atoms with E-state index >= 15 is 0 Å². The Kier molecular flexibility index (Phi) is 4.02. The molecule has 0 saturated carbocycles. The molecule has 0 saturated heterocycles. The van der Waals surface area contributed by atoms with E-state index in [1.165, 1.54) is 11.3 Å². The first-order valence-electron chi connectivity index (χ1n) is 4.09. The summed E-state index contributed by atoms with van der Waals surface area (Å²) in [7, 11) is 0. The maximum atomic E-state index is 9.25. The molecule has 0 aliphatic heterocycles. The maximum Gasteiger partial charge on any atom is 0.180 e. The molecule has 1 rings (SSSR count). The van der Waals surface area contributed by atoms with Gasteiger partial charge in [-0.15, -0.1) is 11.3 Å². The molecule has 1 heterocycles. The molecule has 0 bridgehead atoms. The number of rotatable bonds is 4. The van der Waals surface area contributed by atoms with Gasteiger partial charge in [-0.1, -0.05) is 6.92 Å². The second kappa shape index (κ2) is 4.83. The molecule has 0 fully saturated rings. The number of anilines is 1. The molecule has 1 aromatic rings. The van der Waals surface area contributed by atoms with Crippen LogP contribution in [-0.4, -0.2) is 21.4 Å². The number of nitrogens with zero attached hydrogens (tertiary/aromatic N) is 1. The van der Waals surface area contributed by atoms with Crippen molar-refractivity contribution in [3.05, 3.63) is 11.1 Å². The van der Waals surface area contributed by atoms with Gasteiger partial charge in [0.1, 0.15) is 0 Å². The van der Waals surface area contributed by atoms with Crippen molar-refractivity contribution in [2.75, 3.05) is 5.73 Å². The van der Waals surface area contributed by atoms with Crippen molar-refractivity contribution in [3.8, 4) is 0 Å². The van der Waals surface area contributed by atoms with Gasteiger partial charge in [-0.2, -0.15) is 11.8 Å². The first kappa shape index (κ1) is 10.8. The van der Waals surface area contributed by atoms with Gasteiger partial charge >= 0.3 is 0 Å². The topological polar surface area (TPSA) is 59.1 Å². The van der Waals surface area contributed by atoms with Crippen LogP contribution in [0.2, 0.25) is 0 Å². The first-order chi connectivity index (χ1) is 6.09. The summed E-state index contributed by atoms with van der Waals surface area (Å²) < 4.78 is 0. The Bertz CT molecular complexity index is 262. The highest BCUT2D eigenvalue weighted by molar-refractivity contribution is 7.99. The third-order valence-electron chi connectivity index (χ3n) is 1.74. The van der Waals surface area contributed by atoms with E-state index in [9.17, 15) is 5.11 Å². The van der Waals surface area contributed by atoms with Crippen LogP contribution in [0.4, 0.5) is 5.13 Å². The number of nitrogens with two attached hydrogens (primary N) is 1. The molecule has 0 spiro atoms. The molecule has 13 heavy (non-hydrogen) atoms. The Morgan fingerprint density at radius 1 is 1.69 bits per heavy atom. The quantitative estimate of drug-likeness (QED) is 0.808. The fourth-order valence-corrected chi connectivity index (χ4v) is 2.44. The van der Waals surface area contributed by atoms with Crippen LogP contribution in [0, 0.1) is 0 Å². The Balaban J connectivity index is 2.35. The molecule has 0 aromatic carbocycles. The van der Waals surface area contributed by atoms with Gasteiger partial charge < -0.3 is 10.8 Å². The number of nitrogen functional groups attached to an aromatic ring is 1. The van der Waals surface area contributed by atoms with Crippen LogP contribution in [0.15, 0.2) is 6.20 Å². The highest BCUT2D eigenvalue weighted by Crippen LogP contribution is 2.24. The second-order valence-corrected chi connectivity index (χ2v) is 5.43. The normalized spacial score (nSPS) is 15.6. The summed E-state index contributed by atoms with van der Waals surface area (Å²) in [6.45, 7) is 3.82.